The van der Waals surface area contributed by atoms with E-state index in [0.717, 1.165) is 0 Å². The zero-order valence-corrected chi connectivity index (χ0v) is 11.1. The van der Waals surface area contributed by atoms with Crippen molar-refractivity contribution in [2.45, 2.75) is 19.4 Å². The molecule has 0 aliphatic carbocycles. The number of anilines is 1. The van der Waals surface area contributed by atoms with Crippen LogP contribution in [0.2, 0.25) is 0 Å². The van der Waals surface area contributed by atoms with E-state index in [4.69, 9.17) is 16.2 Å². The van der Waals surface area contributed by atoms with Crippen molar-refractivity contribution in [3.05, 3.63) is 29.8 Å². The van der Waals surface area contributed by atoms with Crippen molar-refractivity contribution in [3.8, 4) is 0 Å². The summed E-state index contributed by atoms with van der Waals surface area (Å²) in [4.78, 5) is 33.7. The molecule has 1 atom stereocenters. The van der Waals surface area contributed by atoms with Gasteiger partial charge < -0.3 is 21.5 Å². The van der Waals surface area contributed by atoms with Gasteiger partial charge in [0.25, 0.3) is 0 Å². The molecule has 1 aromatic carbocycles. The highest BCUT2D eigenvalue weighted by Gasteiger charge is 2.16. The van der Waals surface area contributed by atoms with Gasteiger partial charge in [0, 0.05) is 5.69 Å². The molecule has 7 heteroatoms. The summed E-state index contributed by atoms with van der Waals surface area (Å²) in [5.41, 5.74) is 11.3. The standard InChI is InChI=1S/C13H17N3O4/c1-2-20-13(19)8-3-5-9(6-4-8)16-12(18)10(14)7-11(15)17/h3-6,10H,2,7,14H2,1H3,(H2,15,17)(H,16,18). The average Bonchev–Trinajstić information content (AvgIpc) is 2.39. The van der Waals surface area contributed by atoms with Crippen molar-refractivity contribution in [2.75, 3.05) is 11.9 Å². The maximum Gasteiger partial charge on any atom is 0.338 e. The van der Waals surface area contributed by atoms with Crippen LogP contribution in [0, 0.1) is 0 Å². The lowest BCUT2D eigenvalue weighted by Gasteiger charge is -2.10. The molecule has 20 heavy (non-hydrogen) atoms. The number of hydrogen-bond acceptors (Lipinski definition) is 5. The molecule has 0 spiro atoms. The fraction of sp³-hybridized carbons (Fsp3) is 0.308. The number of ether oxygens (including phenoxy) is 1. The van der Waals surface area contributed by atoms with Crippen LogP contribution >= 0.6 is 0 Å². The molecule has 5 N–H and O–H groups in total. The van der Waals surface area contributed by atoms with Gasteiger partial charge >= 0.3 is 5.97 Å². The van der Waals surface area contributed by atoms with Crippen molar-refractivity contribution in [3.63, 3.8) is 0 Å². The Labute approximate surface area is 116 Å². The lowest BCUT2D eigenvalue weighted by molar-refractivity contribution is -0.123. The lowest BCUT2D eigenvalue weighted by atomic mass is 10.1. The normalized spacial score (nSPS) is 11.5. The van der Waals surface area contributed by atoms with Crippen LogP contribution in [-0.4, -0.2) is 30.4 Å². The minimum atomic E-state index is -1.00. The van der Waals surface area contributed by atoms with Gasteiger partial charge in [-0.25, -0.2) is 4.79 Å². The molecule has 0 aliphatic heterocycles. The second-order valence-electron chi connectivity index (χ2n) is 4.06. The van der Waals surface area contributed by atoms with Gasteiger partial charge in [-0.1, -0.05) is 0 Å². The third kappa shape index (κ3) is 4.69. The Bertz CT molecular complexity index is 499. The number of nitrogens with one attached hydrogen (secondary N) is 1. The molecule has 0 heterocycles. The van der Waals surface area contributed by atoms with E-state index in [-0.39, 0.29) is 6.42 Å². The molecule has 0 fully saturated rings. The van der Waals surface area contributed by atoms with E-state index < -0.39 is 23.8 Å². The molecule has 1 unspecified atom stereocenters. The largest absolute Gasteiger partial charge is 0.462 e. The van der Waals surface area contributed by atoms with Crippen LogP contribution in [0.15, 0.2) is 24.3 Å². The molecule has 2 amide bonds. The van der Waals surface area contributed by atoms with Crippen LogP contribution in [0.3, 0.4) is 0 Å². The summed E-state index contributed by atoms with van der Waals surface area (Å²) >= 11 is 0. The first-order chi connectivity index (χ1) is 9.43. The number of rotatable bonds is 6. The number of amides is 2. The highest BCUT2D eigenvalue weighted by Crippen LogP contribution is 2.11. The summed E-state index contributed by atoms with van der Waals surface area (Å²) in [5.74, 6) is -1.60. The van der Waals surface area contributed by atoms with Gasteiger partial charge in [-0.3, -0.25) is 9.59 Å². The molecule has 7 nitrogen and oxygen atoms in total. The Morgan fingerprint density at radius 3 is 2.35 bits per heavy atom. The average molecular weight is 279 g/mol. The molecule has 1 rings (SSSR count). The van der Waals surface area contributed by atoms with Gasteiger partial charge in [0.1, 0.15) is 0 Å². The molecule has 0 bridgehead atoms. The quantitative estimate of drug-likeness (QED) is 0.632. The predicted octanol–water partition coefficient (Wildman–Crippen LogP) is 0.00450. The zero-order valence-electron chi connectivity index (χ0n) is 11.1. The minimum Gasteiger partial charge on any atom is -0.462 e. The Hall–Kier alpha value is -2.41. The maximum atomic E-state index is 11.6. The molecule has 1 aromatic rings. The molecular weight excluding hydrogens is 262 g/mol. The van der Waals surface area contributed by atoms with E-state index in [1.165, 1.54) is 12.1 Å². The number of benzene rings is 1. The predicted molar refractivity (Wildman–Crippen MR) is 72.8 cm³/mol. The van der Waals surface area contributed by atoms with Gasteiger partial charge in [-0.2, -0.15) is 0 Å². The smallest absolute Gasteiger partial charge is 0.338 e. The number of primary amides is 1. The number of nitrogens with two attached hydrogens (primary N) is 2. The fourth-order valence-corrected chi connectivity index (χ4v) is 1.45. The number of esters is 1. The fourth-order valence-electron chi connectivity index (χ4n) is 1.45. The van der Waals surface area contributed by atoms with Crippen molar-refractivity contribution < 1.29 is 19.1 Å². The number of carbonyl (C=O) groups excluding carboxylic acids is 3. The number of carbonyl (C=O) groups is 3. The maximum absolute atomic E-state index is 11.6. The molecule has 0 radical (unpaired) electrons. The SMILES string of the molecule is CCOC(=O)c1ccc(NC(=O)C(N)CC(N)=O)cc1. The molecule has 0 aliphatic rings. The van der Waals surface area contributed by atoms with Crippen LogP contribution < -0.4 is 16.8 Å². The summed E-state index contributed by atoms with van der Waals surface area (Å²) in [6, 6.07) is 5.13. The summed E-state index contributed by atoms with van der Waals surface area (Å²) in [5, 5.41) is 2.52. The Balaban J connectivity index is 2.63. The summed E-state index contributed by atoms with van der Waals surface area (Å²) in [6.07, 6.45) is -0.229. The Kier molecular flexibility index (Phi) is 5.67. The summed E-state index contributed by atoms with van der Waals surface area (Å²) in [7, 11) is 0. The summed E-state index contributed by atoms with van der Waals surface area (Å²) < 4.78 is 4.83. The van der Waals surface area contributed by atoms with Crippen LogP contribution in [-0.2, 0) is 14.3 Å². The van der Waals surface area contributed by atoms with Gasteiger partial charge in [-0.15, -0.1) is 0 Å². The van der Waals surface area contributed by atoms with E-state index in [1.807, 2.05) is 0 Å². The highest BCUT2D eigenvalue weighted by atomic mass is 16.5. The molecule has 108 valence electrons. The van der Waals surface area contributed by atoms with E-state index in [9.17, 15) is 14.4 Å². The second kappa shape index (κ2) is 7.25. The van der Waals surface area contributed by atoms with E-state index >= 15 is 0 Å². The molecule has 0 saturated heterocycles. The van der Waals surface area contributed by atoms with Gasteiger partial charge in [0.15, 0.2) is 0 Å². The highest BCUT2D eigenvalue weighted by molar-refractivity contribution is 5.97. The van der Waals surface area contributed by atoms with Crippen LogP contribution in [0.1, 0.15) is 23.7 Å². The minimum absolute atomic E-state index is 0.229. The monoisotopic (exact) mass is 279 g/mol. The van der Waals surface area contributed by atoms with Crippen LogP contribution in [0.4, 0.5) is 5.69 Å². The lowest BCUT2D eigenvalue weighted by Crippen LogP contribution is -2.38. The third-order valence-electron chi connectivity index (χ3n) is 2.42. The molecule has 0 saturated carbocycles. The van der Waals surface area contributed by atoms with Gasteiger partial charge in [0.05, 0.1) is 24.6 Å². The first-order valence-electron chi connectivity index (χ1n) is 6.06. The molecule has 0 aromatic heterocycles. The van der Waals surface area contributed by atoms with Crippen LogP contribution in [0.5, 0.6) is 0 Å². The topological polar surface area (TPSA) is 125 Å². The third-order valence-corrected chi connectivity index (χ3v) is 2.42. The van der Waals surface area contributed by atoms with Gasteiger partial charge in [0.2, 0.25) is 11.8 Å². The van der Waals surface area contributed by atoms with E-state index in [1.54, 1.807) is 19.1 Å². The Morgan fingerprint density at radius 1 is 1.25 bits per heavy atom. The molecular formula is C13H17N3O4. The first kappa shape index (κ1) is 15.6. The van der Waals surface area contributed by atoms with Crippen molar-refractivity contribution in [1.82, 2.24) is 0 Å². The van der Waals surface area contributed by atoms with Crippen molar-refractivity contribution in [2.24, 2.45) is 11.5 Å². The first-order valence-corrected chi connectivity index (χ1v) is 6.06. The Morgan fingerprint density at radius 2 is 1.85 bits per heavy atom. The van der Waals surface area contributed by atoms with Gasteiger partial charge in [-0.05, 0) is 31.2 Å². The number of hydrogen-bond donors (Lipinski definition) is 3. The van der Waals surface area contributed by atoms with Crippen molar-refractivity contribution >= 4 is 23.5 Å². The zero-order chi connectivity index (χ0) is 15.1. The summed E-state index contributed by atoms with van der Waals surface area (Å²) in [6.45, 7) is 2.01. The second-order valence-corrected chi connectivity index (χ2v) is 4.06. The van der Waals surface area contributed by atoms with E-state index in [0.29, 0.717) is 17.9 Å². The van der Waals surface area contributed by atoms with E-state index in [2.05, 4.69) is 5.32 Å². The van der Waals surface area contributed by atoms with Crippen molar-refractivity contribution in [1.29, 1.82) is 0 Å². The van der Waals surface area contributed by atoms with Crippen LogP contribution in [0.25, 0.3) is 0 Å².